The molecule has 0 saturated heterocycles. The summed E-state index contributed by atoms with van der Waals surface area (Å²) in [6.07, 6.45) is 0.858. The molecule has 70 valence electrons. The first-order chi connectivity index (χ1) is 5.49. The van der Waals surface area contributed by atoms with E-state index in [-0.39, 0.29) is 11.6 Å². The predicted molar refractivity (Wildman–Crippen MR) is 50.2 cm³/mol. The third kappa shape index (κ3) is 1.46. The number of rotatable bonds is 2. The molecule has 1 atom stereocenters. The van der Waals surface area contributed by atoms with Crippen molar-refractivity contribution in [3.8, 4) is 0 Å². The van der Waals surface area contributed by atoms with Crippen LogP contribution in [0.3, 0.4) is 0 Å². The Kier molecular flexibility index (Phi) is 2.42. The highest BCUT2D eigenvalue weighted by atomic mass is 16.5. The van der Waals surface area contributed by atoms with E-state index in [1.807, 2.05) is 13.8 Å². The van der Waals surface area contributed by atoms with Crippen LogP contribution in [0.25, 0.3) is 0 Å². The minimum atomic E-state index is -0.0394. The molecule has 0 bridgehead atoms. The van der Waals surface area contributed by atoms with Crippen LogP contribution in [0, 0.1) is 10.6 Å². The second kappa shape index (κ2) is 3.05. The van der Waals surface area contributed by atoms with Gasteiger partial charge in [0.2, 0.25) is 6.17 Å². The third-order valence-electron chi connectivity index (χ3n) is 2.46. The van der Waals surface area contributed by atoms with Crippen LogP contribution < -0.4 is 5.32 Å². The molecule has 0 fully saturated rings. The minimum Gasteiger partial charge on any atom is -0.623 e. The zero-order valence-electron chi connectivity index (χ0n) is 8.35. The van der Waals surface area contributed by atoms with Gasteiger partial charge in [-0.3, -0.25) is 5.32 Å². The Morgan fingerprint density at radius 1 is 1.67 bits per heavy atom. The van der Waals surface area contributed by atoms with Crippen LogP contribution in [0.2, 0.25) is 0 Å². The molecule has 1 aliphatic heterocycles. The Hall–Kier alpha value is -0.570. The lowest BCUT2D eigenvalue weighted by atomic mass is 9.87. The summed E-state index contributed by atoms with van der Waals surface area (Å²) < 4.78 is 1.11. The molecule has 0 amide bonds. The van der Waals surface area contributed by atoms with Gasteiger partial charge in [-0.15, -0.1) is 0 Å². The van der Waals surface area contributed by atoms with Gasteiger partial charge in [0, 0.05) is 13.3 Å². The molecule has 12 heavy (non-hydrogen) atoms. The fourth-order valence-corrected chi connectivity index (χ4v) is 1.92. The van der Waals surface area contributed by atoms with Crippen LogP contribution >= 0.6 is 0 Å². The van der Waals surface area contributed by atoms with Gasteiger partial charge >= 0.3 is 0 Å². The number of hydroxylamine groups is 1. The molecule has 1 rings (SSSR count). The van der Waals surface area contributed by atoms with Crippen molar-refractivity contribution in [3.05, 3.63) is 5.21 Å². The highest BCUT2D eigenvalue weighted by Gasteiger charge is 2.43. The summed E-state index contributed by atoms with van der Waals surface area (Å²) in [5, 5.41) is 14.7. The highest BCUT2D eigenvalue weighted by molar-refractivity contribution is 5.79. The first kappa shape index (κ1) is 9.52. The molecule has 0 aliphatic carbocycles. The van der Waals surface area contributed by atoms with Gasteiger partial charge in [0.15, 0.2) is 5.71 Å². The molecule has 0 aromatic heterocycles. The largest absolute Gasteiger partial charge is 0.623 e. The molecule has 0 radical (unpaired) electrons. The fraction of sp³-hybridized carbons (Fsp3) is 0.889. The van der Waals surface area contributed by atoms with E-state index >= 15 is 0 Å². The average Bonchev–Trinajstić information content (AvgIpc) is 2.13. The van der Waals surface area contributed by atoms with Gasteiger partial charge in [0.05, 0.1) is 5.41 Å². The molecule has 1 N–H and O–H groups in total. The Labute approximate surface area is 74.1 Å². The van der Waals surface area contributed by atoms with Crippen molar-refractivity contribution < 1.29 is 4.74 Å². The molecule has 3 nitrogen and oxygen atoms in total. The van der Waals surface area contributed by atoms with Crippen molar-refractivity contribution in [2.45, 2.75) is 40.3 Å². The van der Waals surface area contributed by atoms with Crippen LogP contribution in [0.4, 0.5) is 0 Å². The predicted octanol–water partition coefficient (Wildman–Crippen LogP) is 1.32. The maximum Gasteiger partial charge on any atom is 0.222 e. The van der Waals surface area contributed by atoms with Gasteiger partial charge in [-0.25, -0.2) is 0 Å². The lowest BCUT2D eigenvalue weighted by molar-refractivity contribution is -0.514. The van der Waals surface area contributed by atoms with Crippen molar-refractivity contribution in [1.82, 2.24) is 5.32 Å². The van der Waals surface area contributed by atoms with Crippen molar-refractivity contribution in [2.24, 2.45) is 5.41 Å². The summed E-state index contributed by atoms with van der Waals surface area (Å²) in [4.78, 5) is 0. The lowest BCUT2D eigenvalue weighted by Gasteiger charge is -2.24. The first-order valence-electron chi connectivity index (χ1n) is 4.51. The summed E-state index contributed by atoms with van der Waals surface area (Å²) >= 11 is 0. The van der Waals surface area contributed by atoms with E-state index in [1.165, 1.54) is 0 Å². The first-order valence-corrected chi connectivity index (χ1v) is 4.51. The Morgan fingerprint density at radius 2 is 2.25 bits per heavy atom. The quantitative estimate of drug-likeness (QED) is 0.501. The molecule has 0 aromatic rings. The van der Waals surface area contributed by atoms with Crippen LogP contribution in [0.5, 0.6) is 0 Å². The molecular weight excluding hydrogens is 152 g/mol. The standard InChI is InChI=1S/C9H18N2O/c1-5-10-8-9(3,4)6-7(2)11(8)12/h8,10H,5-6H2,1-4H3. The molecule has 0 aromatic carbocycles. The van der Waals surface area contributed by atoms with Crippen molar-refractivity contribution in [2.75, 3.05) is 6.54 Å². The molecule has 1 heterocycles. The van der Waals surface area contributed by atoms with Gasteiger partial charge in [0.1, 0.15) is 0 Å². The zero-order chi connectivity index (χ0) is 9.35. The second-order valence-electron chi connectivity index (χ2n) is 4.19. The van der Waals surface area contributed by atoms with E-state index < -0.39 is 0 Å². The third-order valence-corrected chi connectivity index (χ3v) is 2.46. The number of nitrogens with one attached hydrogen (secondary N) is 1. The summed E-state index contributed by atoms with van der Waals surface area (Å²) in [7, 11) is 0. The zero-order valence-corrected chi connectivity index (χ0v) is 8.35. The van der Waals surface area contributed by atoms with Gasteiger partial charge in [0.25, 0.3) is 0 Å². The normalized spacial score (nSPS) is 28.2. The smallest absolute Gasteiger partial charge is 0.222 e. The van der Waals surface area contributed by atoms with Crippen molar-refractivity contribution >= 4 is 5.71 Å². The van der Waals surface area contributed by atoms with Crippen LogP contribution in [-0.4, -0.2) is 23.2 Å². The molecule has 0 spiro atoms. The van der Waals surface area contributed by atoms with E-state index in [4.69, 9.17) is 0 Å². The monoisotopic (exact) mass is 170 g/mol. The summed E-state index contributed by atoms with van der Waals surface area (Å²) in [6, 6.07) is 0. The van der Waals surface area contributed by atoms with Crippen LogP contribution in [0.15, 0.2) is 0 Å². The van der Waals surface area contributed by atoms with Crippen molar-refractivity contribution in [3.63, 3.8) is 0 Å². The van der Waals surface area contributed by atoms with Crippen LogP contribution in [-0.2, 0) is 0 Å². The van der Waals surface area contributed by atoms with Gasteiger partial charge in [-0.1, -0.05) is 20.8 Å². The number of nitrogens with zero attached hydrogens (tertiary/aromatic N) is 1. The van der Waals surface area contributed by atoms with E-state index in [0.717, 1.165) is 23.4 Å². The highest BCUT2D eigenvalue weighted by Crippen LogP contribution is 2.31. The molecular formula is C9H18N2O. The lowest BCUT2D eigenvalue weighted by Crippen LogP contribution is -2.44. The van der Waals surface area contributed by atoms with E-state index in [2.05, 4.69) is 19.2 Å². The SMILES string of the molecule is CCNC1[N+]([O-])=C(C)CC1(C)C. The van der Waals surface area contributed by atoms with E-state index in [1.54, 1.807) is 0 Å². The van der Waals surface area contributed by atoms with Gasteiger partial charge in [-0.2, -0.15) is 4.74 Å². The Bertz CT molecular complexity index is 209. The Morgan fingerprint density at radius 3 is 2.58 bits per heavy atom. The summed E-state index contributed by atoms with van der Waals surface area (Å²) in [5.74, 6) is 0. The maximum absolute atomic E-state index is 11.5. The fourth-order valence-electron chi connectivity index (χ4n) is 1.92. The summed E-state index contributed by atoms with van der Waals surface area (Å²) in [5.41, 5.74) is 1.01. The van der Waals surface area contributed by atoms with Gasteiger partial charge in [-0.05, 0) is 6.54 Å². The second-order valence-corrected chi connectivity index (χ2v) is 4.19. The van der Waals surface area contributed by atoms with Crippen LogP contribution in [0.1, 0.15) is 34.1 Å². The topological polar surface area (TPSA) is 38.1 Å². The molecule has 1 unspecified atom stereocenters. The number of hydrogen-bond donors (Lipinski definition) is 1. The minimum absolute atomic E-state index is 0.0394. The Balaban J connectivity index is 2.79. The maximum atomic E-state index is 11.5. The molecule has 3 heteroatoms. The van der Waals surface area contributed by atoms with Crippen molar-refractivity contribution in [1.29, 1.82) is 0 Å². The van der Waals surface area contributed by atoms with E-state index in [0.29, 0.717) is 0 Å². The van der Waals surface area contributed by atoms with Gasteiger partial charge < -0.3 is 5.21 Å². The average molecular weight is 170 g/mol. The van der Waals surface area contributed by atoms with E-state index in [9.17, 15) is 5.21 Å². The number of hydrogen-bond acceptors (Lipinski definition) is 2. The summed E-state index contributed by atoms with van der Waals surface area (Å²) in [6.45, 7) is 9.03. The molecule has 0 saturated carbocycles. The molecule has 1 aliphatic rings.